The zero-order valence-corrected chi connectivity index (χ0v) is 14.1. The number of carbonyl (C=O) groups excluding carboxylic acids is 1. The van der Waals surface area contributed by atoms with Crippen molar-refractivity contribution >= 4 is 11.6 Å². The van der Waals surface area contributed by atoms with Crippen LogP contribution >= 0.6 is 0 Å². The third-order valence-electron chi connectivity index (χ3n) is 4.54. The molecular formula is C18H20N6O. The number of nitrogens with one attached hydrogen (secondary N) is 1. The van der Waals surface area contributed by atoms with Crippen molar-refractivity contribution in [3.05, 3.63) is 48.7 Å². The molecule has 3 heterocycles. The van der Waals surface area contributed by atoms with Crippen molar-refractivity contribution in [2.24, 2.45) is 13.0 Å². The van der Waals surface area contributed by atoms with Gasteiger partial charge in [-0.1, -0.05) is 12.5 Å². The molecule has 1 amide bonds. The Morgan fingerprint density at radius 2 is 2.12 bits per heavy atom. The second kappa shape index (κ2) is 6.51. The molecule has 0 saturated heterocycles. The van der Waals surface area contributed by atoms with Gasteiger partial charge in [0.1, 0.15) is 5.69 Å². The fourth-order valence-corrected chi connectivity index (χ4v) is 2.94. The summed E-state index contributed by atoms with van der Waals surface area (Å²) in [5.41, 5.74) is 2.66. The molecule has 0 aliphatic heterocycles. The van der Waals surface area contributed by atoms with Gasteiger partial charge in [-0.15, -0.1) is 0 Å². The second-order valence-corrected chi connectivity index (χ2v) is 6.51. The highest BCUT2D eigenvalue weighted by molar-refractivity contribution is 6.03. The SMILES string of the molecule is Cn1cc(-c2cccc(C(=O)Nc3cnn(CC4CCC4)c3)n2)cn1. The van der Waals surface area contributed by atoms with E-state index in [-0.39, 0.29) is 5.91 Å². The van der Waals surface area contributed by atoms with Gasteiger partial charge in [0.05, 0.1) is 23.8 Å². The highest BCUT2D eigenvalue weighted by atomic mass is 16.1. The van der Waals surface area contributed by atoms with Crippen molar-refractivity contribution in [3.63, 3.8) is 0 Å². The summed E-state index contributed by atoms with van der Waals surface area (Å²) in [6.07, 6.45) is 11.0. The molecule has 0 radical (unpaired) electrons. The van der Waals surface area contributed by atoms with E-state index in [2.05, 4.69) is 20.5 Å². The lowest BCUT2D eigenvalue weighted by Gasteiger charge is -2.24. The quantitative estimate of drug-likeness (QED) is 0.777. The van der Waals surface area contributed by atoms with E-state index in [0.29, 0.717) is 11.4 Å². The molecule has 0 unspecified atom stereocenters. The van der Waals surface area contributed by atoms with Crippen LogP contribution in [0.25, 0.3) is 11.3 Å². The Bertz CT molecular complexity index is 892. The maximum absolute atomic E-state index is 12.5. The summed E-state index contributed by atoms with van der Waals surface area (Å²) in [5.74, 6) is 0.482. The topological polar surface area (TPSA) is 77.6 Å². The fourth-order valence-electron chi connectivity index (χ4n) is 2.94. The van der Waals surface area contributed by atoms with Crippen LogP contribution in [0.5, 0.6) is 0 Å². The standard InChI is InChI=1S/C18H20N6O/c1-23-11-14(8-19-23)16-6-3-7-17(22-16)18(25)21-15-9-20-24(12-15)10-13-4-2-5-13/h3,6-9,11-13H,2,4-5,10H2,1H3,(H,21,25). The summed E-state index contributed by atoms with van der Waals surface area (Å²) in [6, 6.07) is 5.39. The van der Waals surface area contributed by atoms with Crippen LogP contribution in [0.15, 0.2) is 43.0 Å². The Kier molecular flexibility index (Phi) is 4.05. The van der Waals surface area contributed by atoms with Crippen LogP contribution in [0, 0.1) is 5.92 Å². The molecule has 1 aliphatic carbocycles. The molecule has 7 heteroatoms. The maximum atomic E-state index is 12.5. The molecule has 25 heavy (non-hydrogen) atoms. The molecule has 1 saturated carbocycles. The summed E-state index contributed by atoms with van der Waals surface area (Å²) in [4.78, 5) is 16.9. The van der Waals surface area contributed by atoms with Crippen LogP contribution in [0.4, 0.5) is 5.69 Å². The zero-order chi connectivity index (χ0) is 17.2. The van der Waals surface area contributed by atoms with Gasteiger partial charge in [0.25, 0.3) is 5.91 Å². The Hall–Kier alpha value is -2.96. The van der Waals surface area contributed by atoms with E-state index >= 15 is 0 Å². The fraction of sp³-hybridized carbons (Fsp3) is 0.333. The van der Waals surface area contributed by atoms with Gasteiger partial charge in [-0.25, -0.2) is 4.98 Å². The lowest BCUT2D eigenvalue weighted by atomic mass is 9.85. The van der Waals surface area contributed by atoms with Crippen molar-refractivity contribution in [1.82, 2.24) is 24.5 Å². The molecule has 1 fully saturated rings. The molecule has 1 aliphatic rings. The van der Waals surface area contributed by atoms with Crippen molar-refractivity contribution in [1.29, 1.82) is 0 Å². The van der Waals surface area contributed by atoms with Gasteiger partial charge < -0.3 is 5.32 Å². The molecular weight excluding hydrogens is 316 g/mol. The molecule has 4 rings (SSSR count). The molecule has 128 valence electrons. The van der Waals surface area contributed by atoms with Crippen molar-refractivity contribution < 1.29 is 4.79 Å². The Morgan fingerprint density at radius 1 is 1.24 bits per heavy atom. The first-order valence-corrected chi connectivity index (χ1v) is 8.47. The average molecular weight is 336 g/mol. The highest BCUT2D eigenvalue weighted by Gasteiger charge is 2.18. The molecule has 0 spiro atoms. The Balaban J connectivity index is 1.45. The van der Waals surface area contributed by atoms with Crippen molar-refractivity contribution in [2.45, 2.75) is 25.8 Å². The number of carbonyl (C=O) groups is 1. The van der Waals surface area contributed by atoms with Gasteiger partial charge in [-0.3, -0.25) is 14.2 Å². The summed E-state index contributed by atoms with van der Waals surface area (Å²) in [5, 5.41) is 11.3. The molecule has 1 N–H and O–H groups in total. The van der Waals surface area contributed by atoms with Crippen LogP contribution in [-0.4, -0.2) is 30.5 Å². The van der Waals surface area contributed by atoms with Crippen molar-refractivity contribution in [2.75, 3.05) is 5.32 Å². The molecule has 3 aromatic rings. The van der Waals surface area contributed by atoms with Gasteiger partial charge in [-0.2, -0.15) is 10.2 Å². The number of amides is 1. The Morgan fingerprint density at radius 3 is 2.84 bits per heavy atom. The van der Waals surface area contributed by atoms with E-state index in [9.17, 15) is 4.79 Å². The normalized spacial score (nSPS) is 14.3. The zero-order valence-electron chi connectivity index (χ0n) is 14.1. The number of aryl methyl sites for hydroxylation is 1. The first-order chi connectivity index (χ1) is 12.2. The second-order valence-electron chi connectivity index (χ2n) is 6.51. The largest absolute Gasteiger partial charge is 0.318 e. The van der Waals surface area contributed by atoms with Gasteiger partial charge in [0, 0.05) is 31.5 Å². The minimum atomic E-state index is -0.242. The van der Waals surface area contributed by atoms with Crippen LogP contribution in [0.2, 0.25) is 0 Å². The number of aromatic nitrogens is 5. The van der Waals surface area contributed by atoms with Crippen molar-refractivity contribution in [3.8, 4) is 11.3 Å². The maximum Gasteiger partial charge on any atom is 0.274 e. The third-order valence-corrected chi connectivity index (χ3v) is 4.54. The van der Waals surface area contributed by atoms with Gasteiger partial charge in [0.2, 0.25) is 0 Å². The summed E-state index contributed by atoms with van der Waals surface area (Å²) in [6.45, 7) is 0.921. The number of anilines is 1. The lowest BCUT2D eigenvalue weighted by molar-refractivity contribution is 0.102. The first kappa shape index (κ1) is 15.6. The van der Waals surface area contributed by atoms with Crippen LogP contribution in [-0.2, 0) is 13.6 Å². The predicted molar refractivity (Wildman–Crippen MR) is 94.0 cm³/mol. The van der Waals surface area contributed by atoms with Gasteiger partial charge >= 0.3 is 0 Å². The Labute approximate surface area is 145 Å². The van der Waals surface area contributed by atoms with E-state index in [1.807, 2.05) is 36.3 Å². The number of nitrogens with zero attached hydrogens (tertiary/aromatic N) is 5. The van der Waals surface area contributed by atoms with E-state index in [1.54, 1.807) is 23.1 Å². The van der Waals surface area contributed by atoms with Gasteiger partial charge in [0.15, 0.2) is 0 Å². The monoisotopic (exact) mass is 336 g/mol. The lowest BCUT2D eigenvalue weighted by Crippen LogP contribution is -2.18. The molecule has 0 bridgehead atoms. The van der Waals surface area contributed by atoms with E-state index < -0.39 is 0 Å². The predicted octanol–water partition coefficient (Wildman–Crippen LogP) is 2.73. The van der Waals surface area contributed by atoms with Gasteiger partial charge in [-0.05, 0) is 30.9 Å². The minimum Gasteiger partial charge on any atom is -0.318 e. The van der Waals surface area contributed by atoms with E-state index in [1.165, 1.54) is 19.3 Å². The number of hydrogen-bond donors (Lipinski definition) is 1. The van der Waals surface area contributed by atoms with Crippen LogP contribution in [0.3, 0.4) is 0 Å². The number of hydrogen-bond acceptors (Lipinski definition) is 4. The number of rotatable bonds is 5. The molecule has 0 atom stereocenters. The smallest absolute Gasteiger partial charge is 0.274 e. The number of pyridine rings is 1. The molecule has 7 nitrogen and oxygen atoms in total. The van der Waals surface area contributed by atoms with E-state index in [4.69, 9.17) is 0 Å². The van der Waals surface area contributed by atoms with Crippen LogP contribution < -0.4 is 5.32 Å². The molecule has 0 aromatic carbocycles. The first-order valence-electron chi connectivity index (χ1n) is 8.47. The summed E-state index contributed by atoms with van der Waals surface area (Å²) in [7, 11) is 1.85. The van der Waals surface area contributed by atoms with Crippen LogP contribution in [0.1, 0.15) is 29.8 Å². The average Bonchev–Trinajstić information content (AvgIpc) is 3.20. The minimum absolute atomic E-state index is 0.242. The van der Waals surface area contributed by atoms with E-state index in [0.717, 1.165) is 23.7 Å². The third kappa shape index (κ3) is 3.45. The summed E-state index contributed by atoms with van der Waals surface area (Å²) >= 11 is 0. The summed E-state index contributed by atoms with van der Waals surface area (Å²) < 4.78 is 3.61. The molecule has 3 aromatic heterocycles. The highest BCUT2D eigenvalue weighted by Crippen LogP contribution is 2.27.